The molecule has 1 N–H and O–H groups in total. The number of aromatic nitrogens is 2. The predicted octanol–water partition coefficient (Wildman–Crippen LogP) is 6.32. The number of aromatic hydroxyl groups is 1. The smallest absolute Gasteiger partial charge is 0.416 e. The molecular formula is C35H32F3N5O4. The minimum atomic E-state index is -4.48. The highest BCUT2D eigenvalue weighted by Crippen LogP contribution is 2.30. The van der Waals surface area contributed by atoms with Gasteiger partial charge in [-0.05, 0) is 66.2 Å². The molecule has 0 spiro atoms. The summed E-state index contributed by atoms with van der Waals surface area (Å²) in [5.41, 5.74) is 2.22. The number of carbonyl (C=O) groups excluding carboxylic acids is 2. The Morgan fingerprint density at radius 2 is 1.62 bits per heavy atom. The van der Waals surface area contributed by atoms with E-state index in [0.717, 1.165) is 60.4 Å². The van der Waals surface area contributed by atoms with E-state index < -0.39 is 17.6 Å². The van der Waals surface area contributed by atoms with Gasteiger partial charge in [0.25, 0.3) is 11.8 Å². The molecule has 1 fully saturated rings. The third-order valence-electron chi connectivity index (χ3n) is 8.33. The van der Waals surface area contributed by atoms with Gasteiger partial charge in [0.05, 0.1) is 23.0 Å². The summed E-state index contributed by atoms with van der Waals surface area (Å²) in [7, 11) is 3.36. The van der Waals surface area contributed by atoms with E-state index in [0.29, 0.717) is 30.2 Å². The molecule has 47 heavy (non-hydrogen) atoms. The van der Waals surface area contributed by atoms with Crippen molar-refractivity contribution in [1.29, 1.82) is 0 Å². The Morgan fingerprint density at radius 3 is 2.26 bits per heavy atom. The molecule has 9 nitrogen and oxygen atoms in total. The first-order valence-corrected chi connectivity index (χ1v) is 14.9. The fourth-order valence-electron chi connectivity index (χ4n) is 5.57. The summed E-state index contributed by atoms with van der Waals surface area (Å²) in [5, 5.41) is 10.4. The lowest BCUT2D eigenvalue weighted by molar-refractivity contribution is -0.137. The summed E-state index contributed by atoms with van der Waals surface area (Å²) in [6.07, 6.45) is -3.04. The van der Waals surface area contributed by atoms with E-state index in [1.54, 1.807) is 30.3 Å². The molecule has 0 unspecified atom stereocenters. The van der Waals surface area contributed by atoms with Gasteiger partial charge in [0.1, 0.15) is 17.2 Å². The molecule has 242 valence electrons. The fourth-order valence-corrected chi connectivity index (χ4v) is 5.57. The van der Waals surface area contributed by atoms with E-state index >= 15 is 0 Å². The maximum atomic E-state index is 13.5. The van der Waals surface area contributed by atoms with Crippen LogP contribution < -0.4 is 9.64 Å². The molecule has 12 heteroatoms. The Kier molecular flexibility index (Phi) is 8.61. The number of hydrogen-bond donors (Lipinski definition) is 1. The number of phenolic OH excluding ortho intramolecular Hbond substituents is 1. The second kappa shape index (κ2) is 12.8. The average Bonchev–Trinajstić information content (AvgIpc) is 3.40. The van der Waals surface area contributed by atoms with Crippen molar-refractivity contribution in [3.8, 4) is 17.4 Å². The average molecular weight is 644 g/mol. The zero-order chi connectivity index (χ0) is 33.3. The zero-order valence-corrected chi connectivity index (χ0v) is 25.7. The SMILES string of the molecule is CN(C(=O)c1ccc(C(F)(F)F)cc1)c1ccc(Oc2ccc3cc(C(=O)N4CCN(Cc5ccc(O)cc5)CC4)n(C)c3c2)nc1. The number of alkyl halides is 3. The van der Waals surface area contributed by atoms with Crippen LogP contribution in [0.25, 0.3) is 10.9 Å². The van der Waals surface area contributed by atoms with E-state index in [9.17, 15) is 27.9 Å². The first-order valence-electron chi connectivity index (χ1n) is 14.9. The maximum absolute atomic E-state index is 13.5. The maximum Gasteiger partial charge on any atom is 0.416 e. The van der Waals surface area contributed by atoms with Crippen molar-refractivity contribution in [2.45, 2.75) is 12.7 Å². The lowest BCUT2D eigenvalue weighted by atomic mass is 10.1. The lowest BCUT2D eigenvalue weighted by Crippen LogP contribution is -2.48. The highest BCUT2D eigenvalue weighted by molar-refractivity contribution is 6.05. The van der Waals surface area contributed by atoms with E-state index in [-0.39, 0.29) is 23.1 Å². The first-order chi connectivity index (χ1) is 22.5. The van der Waals surface area contributed by atoms with Crippen molar-refractivity contribution in [3.05, 3.63) is 114 Å². The Bertz CT molecular complexity index is 1900. The molecule has 2 amide bonds. The van der Waals surface area contributed by atoms with Gasteiger partial charge in [0.15, 0.2) is 0 Å². The highest BCUT2D eigenvalue weighted by atomic mass is 19.4. The summed E-state index contributed by atoms with van der Waals surface area (Å²) in [6, 6.07) is 21.8. The molecule has 1 saturated heterocycles. The quantitative estimate of drug-likeness (QED) is 0.223. The van der Waals surface area contributed by atoms with Crippen LogP contribution in [0.3, 0.4) is 0 Å². The van der Waals surface area contributed by atoms with Crippen LogP contribution in [0, 0.1) is 0 Å². The molecule has 5 aromatic rings. The topological polar surface area (TPSA) is 91.1 Å². The van der Waals surface area contributed by atoms with Crippen LogP contribution in [0.1, 0.15) is 32.0 Å². The number of nitrogens with zero attached hydrogens (tertiary/aromatic N) is 5. The second-order valence-electron chi connectivity index (χ2n) is 11.4. The molecule has 3 heterocycles. The van der Waals surface area contributed by atoms with E-state index in [1.165, 1.54) is 18.1 Å². The van der Waals surface area contributed by atoms with Crippen molar-refractivity contribution < 1.29 is 32.6 Å². The van der Waals surface area contributed by atoms with Crippen molar-refractivity contribution >= 4 is 28.4 Å². The number of aryl methyl sites for hydroxylation is 1. The van der Waals surface area contributed by atoms with Crippen LogP contribution in [0.4, 0.5) is 18.9 Å². The Hall–Kier alpha value is -5.36. The number of pyridine rings is 1. The normalized spacial score (nSPS) is 13.9. The van der Waals surface area contributed by atoms with Crippen molar-refractivity contribution in [1.82, 2.24) is 19.4 Å². The van der Waals surface area contributed by atoms with E-state index in [1.807, 2.05) is 46.8 Å². The monoisotopic (exact) mass is 643 g/mol. The van der Waals surface area contributed by atoms with Gasteiger partial charge < -0.3 is 24.2 Å². The Balaban J connectivity index is 1.08. The summed E-state index contributed by atoms with van der Waals surface area (Å²) in [6.45, 7) is 3.48. The van der Waals surface area contributed by atoms with Crippen LogP contribution >= 0.6 is 0 Å². The van der Waals surface area contributed by atoms with Crippen LogP contribution in [0.2, 0.25) is 0 Å². The summed E-state index contributed by atoms with van der Waals surface area (Å²) < 4.78 is 46.4. The largest absolute Gasteiger partial charge is 0.508 e. The van der Waals surface area contributed by atoms with Gasteiger partial charge in [0, 0.05) is 69.9 Å². The third-order valence-corrected chi connectivity index (χ3v) is 8.33. The molecule has 0 bridgehead atoms. The van der Waals surface area contributed by atoms with E-state index in [2.05, 4.69) is 9.88 Å². The van der Waals surface area contributed by atoms with Crippen LogP contribution in [0.5, 0.6) is 17.4 Å². The molecule has 3 aromatic carbocycles. The summed E-state index contributed by atoms with van der Waals surface area (Å²) in [5.74, 6) is 0.506. The number of phenols is 1. The molecule has 0 radical (unpaired) electrons. The summed E-state index contributed by atoms with van der Waals surface area (Å²) >= 11 is 0. The standard InChI is InChI=1S/C35H32F3N5O4/c1-40(33(45)24-5-8-26(9-6-24)35(36,37)38)27-10-14-32(39-21-27)47-29-13-7-25-19-31(41(2)30(25)20-29)34(46)43-17-15-42(16-18-43)22-23-3-11-28(44)12-4-23/h3-14,19-21,44H,15-18,22H2,1-2H3. The number of piperazine rings is 1. The molecule has 6 rings (SSSR count). The number of rotatable bonds is 7. The highest BCUT2D eigenvalue weighted by Gasteiger charge is 2.30. The number of carbonyl (C=O) groups is 2. The van der Waals surface area contributed by atoms with Gasteiger partial charge in [0.2, 0.25) is 5.88 Å². The number of ether oxygens (including phenoxy) is 1. The summed E-state index contributed by atoms with van der Waals surface area (Å²) in [4.78, 5) is 36.1. The van der Waals surface area contributed by atoms with Crippen LogP contribution in [0.15, 0.2) is 91.1 Å². The molecular weight excluding hydrogens is 611 g/mol. The van der Waals surface area contributed by atoms with Crippen molar-refractivity contribution in [2.75, 3.05) is 38.1 Å². The number of hydrogen-bond acceptors (Lipinski definition) is 6. The van der Waals surface area contributed by atoms with Gasteiger partial charge >= 0.3 is 6.18 Å². The Labute approximate surface area is 269 Å². The number of amides is 2. The molecule has 0 saturated carbocycles. The predicted molar refractivity (Wildman–Crippen MR) is 171 cm³/mol. The van der Waals surface area contributed by atoms with Gasteiger partial charge in [-0.25, -0.2) is 4.98 Å². The number of anilines is 1. The third kappa shape index (κ3) is 6.92. The second-order valence-corrected chi connectivity index (χ2v) is 11.4. The molecule has 2 aromatic heterocycles. The Morgan fingerprint density at radius 1 is 0.915 bits per heavy atom. The van der Waals surface area contributed by atoms with Gasteiger partial charge in [-0.2, -0.15) is 13.2 Å². The molecule has 1 aliphatic heterocycles. The van der Waals surface area contributed by atoms with E-state index in [4.69, 9.17) is 4.74 Å². The van der Waals surface area contributed by atoms with Crippen molar-refractivity contribution in [2.24, 2.45) is 7.05 Å². The minimum Gasteiger partial charge on any atom is -0.508 e. The fraction of sp³-hybridized carbons (Fsp3) is 0.229. The van der Waals surface area contributed by atoms with Gasteiger partial charge in [-0.1, -0.05) is 12.1 Å². The number of benzene rings is 3. The lowest BCUT2D eigenvalue weighted by Gasteiger charge is -2.34. The first kappa shape index (κ1) is 31.6. The molecule has 1 aliphatic rings. The molecule has 0 atom stereocenters. The van der Waals surface area contributed by atoms with Crippen LogP contribution in [-0.2, 0) is 19.8 Å². The van der Waals surface area contributed by atoms with Crippen LogP contribution in [-0.4, -0.2) is 69.5 Å². The van der Waals surface area contributed by atoms with Gasteiger partial charge in [-0.3, -0.25) is 14.5 Å². The van der Waals surface area contributed by atoms with Gasteiger partial charge in [-0.15, -0.1) is 0 Å². The zero-order valence-electron chi connectivity index (χ0n) is 25.7. The molecule has 0 aliphatic carbocycles. The van der Waals surface area contributed by atoms with Crippen molar-refractivity contribution in [3.63, 3.8) is 0 Å². The number of fused-ring (bicyclic) bond motifs is 1. The number of halogens is 3. The minimum absolute atomic E-state index is 0.0392.